The number of ether oxygens (including phenoxy) is 1. The van der Waals surface area contributed by atoms with E-state index in [9.17, 15) is 13.2 Å². The van der Waals surface area contributed by atoms with E-state index < -0.39 is 25.7 Å². The number of hydrogen-bond acceptors (Lipinski definition) is 3. The smallest absolute Gasteiger partial charge is 0.396 e. The van der Waals surface area contributed by atoms with Crippen LogP contribution < -0.4 is 0 Å². The zero-order chi connectivity index (χ0) is 8.91. The highest BCUT2D eigenvalue weighted by Gasteiger charge is 2.28. The molecule has 6 heteroatoms. The zero-order valence-corrected chi connectivity index (χ0v) is 5.64. The van der Waals surface area contributed by atoms with Gasteiger partial charge in [-0.25, -0.2) is 0 Å². The average Bonchev–Trinajstić information content (AvgIpc) is 1.83. The largest absolute Gasteiger partial charge is 0.411 e. The van der Waals surface area contributed by atoms with Crippen molar-refractivity contribution in [3.63, 3.8) is 0 Å². The molecule has 0 radical (unpaired) electrons. The molecule has 0 aromatic rings. The third-order valence-corrected chi connectivity index (χ3v) is 0.815. The van der Waals surface area contributed by atoms with Crippen LogP contribution in [0.15, 0.2) is 0 Å². The fraction of sp³-hybridized carbons (Fsp3) is 1.00. The molecule has 0 heterocycles. The number of halogens is 3. The molecular weight excluding hydrogens is 165 g/mol. The van der Waals surface area contributed by atoms with Crippen molar-refractivity contribution >= 4 is 0 Å². The van der Waals surface area contributed by atoms with Crippen LogP contribution in [0.1, 0.15) is 6.42 Å². The van der Waals surface area contributed by atoms with Crippen LogP contribution >= 0.6 is 0 Å². The highest BCUT2D eigenvalue weighted by Crippen LogP contribution is 2.15. The third-order valence-electron chi connectivity index (χ3n) is 0.815. The van der Waals surface area contributed by atoms with Crippen molar-refractivity contribution in [1.29, 1.82) is 0 Å². The van der Waals surface area contributed by atoms with Gasteiger partial charge in [-0.3, -0.25) is 0 Å². The highest BCUT2D eigenvalue weighted by atomic mass is 19.4. The van der Waals surface area contributed by atoms with Crippen molar-refractivity contribution in [1.82, 2.24) is 0 Å². The fourth-order valence-electron chi connectivity index (χ4n) is 0.384. The summed E-state index contributed by atoms with van der Waals surface area (Å²) in [6, 6.07) is 0. The molecule has 0 aliphatic carbocycles. The van der Waals surface area contributed by atoms with Crippen LogP contribution in [0.3, 0.4) is 0 Å². The lowest BCUT2D eigenvalue weighted by Crippen LogP contribution is -2.23. The summed E-state index contributed by atoms with van der Waals surface area (Å²) in [6.45, 7) is -1.90. The van der Waals surface area contributed by atoms with Gasteiger partial charge in [0.2, 0.25) is 0 Å². The summed E-state index contributed by atoms with van der Waals surface area (Å²) >= 11 is 0. The molecular formula is C5H9F3O3. The monoisotopic (exact) mass is 174 g/mol. The molecule has 0 aromatic carbocycles. The molecule has 0 rings (SSSR count). The summed E-state index contributed by atoms with van der Waals surface area (Å²) < 4.78 is 38.0. The van der Waals surface area contributed by atoms with Crippen molar-refractivity contribution < 1.29 is 28.1 Å². The molecule has 0 aliphatic heterocycles. The Balaban J connectivity index is 3.38. The second kappa shape index (κ2) is 4.53. The Morgan fingerprint density at radius 3 is 2.27 bits per heavy atom. The lowest BCUT2D eigenvalue weighted by Gasteiger charge is -2.11. The Morgan fingerprint density at radius 1 is 1.36 bits per heavy atom. The van der Waals surface area contributed by atoms with Crippen molar-refractivity contribution in [2.24, 2.45) is 0 Å². The molecule has 0 amide bonds. The Morgan fingerprint density at radius 2 is 1.91 bits per heavy atom. The predicted octanol–water partition coefficient (Wildman–Crippen LogP) is 0.266. The molecule has 0 aromatic heterocycles. The van der Waals surface area contributed by atoms with Crippen molar-refractivity contribution in [2.45, 2.75) is 18.9 Å². The van der Waals surface area contributed by atoms with E-state index in [-0.39, 0.29) is 6.42 Å². The molecule has 0 fully saturated rings. The van der Waals surface area contributed by atoms with Gasteiger partial charge in [-0.15, -0.1) is 0 Å². The SMILES string of the molecule is OCCC(O)OCC(F)(F)F. The first-order valence-corrected chi connectivity index (χ1v) is 2.93. The third kappa shape index (κ3) is 7.57. The summed E-state index contributed by atoms with van der Waals surface area (Å²) in [4.78, 5) is 0. The van der Waals surface area contributed by atoms with Crippen LogP contribution in [0.2, 0.25) is 0 Å². The Kier molecular flexibility index (Phi) is 4.39. The number of alkyl halides is 3. The van der Waals surface area contributed by atoms with E-state index in [0.717, 1.165) is 0 Å². The van der Waals surface area contributed by atoms with Gasteiger partial charge >= 0.3 is 6.18 Å². The lowest BCUT2D eigenvalue weighted by atomic mass is 10.4. The first-order valence-electron chi connectivity index (χ1n) is 2.93. The van der Waals surface area contributed by atoms with E-state index in [4.69, 9.17) is 10.2 Å². The fourth-order valence-corrected chi connectivity index (χ4v) is 0.384. The molecule has 0 saturated carbocycles. The maximum absolute atomic E-state index is 11.4. The van der Waals surface area contributed by atoms with Gasteiger partial charge in [0.05, 0.1) is 0 Å². The lowest BCUT2D eigenvalue weighted by molar-refractivity contribution is -0.218. The minimum atomic E-state index is -4.43. The summed E-state index contributed by atoms with van der Waals surface area (Å²) in [5, 5.41) is 16.7. The van der Waals surface area contributed by atoms with Crippen LogP contribution in [0.25, 0.3) is 0 Å². The molecule has 1 unspecified atom stereocenters. The second-order valence-corrected chi connectivity index (χ2v) is 1.89. The molecule has 0 bridgehead atoms. The van der Waals surface area contributed by atoms with E-state index in [1.807, 2.05) is 0 Å². The Hall–Kier alpha value is -0.330. The Labute approximate surface area is 61.4 Å². The number of hydrogen-bond donors (Lipinski definition) is 2. The van der Waals surface area contributed by atoms with E-state index in [1.165, 1.54) is 0 Å². The molecule has 0 saturated heterocycles. The van der Waals surface area contributed by atoms with Crippen LogP contribution in [-0.4, -0.2) is 35.9 Å². The van der Waals surface area contributed by atoms with Gasteiger partial charge in [-0.2, -0.15) is 13.2 Å². The van der Waals surface area contributed by atoms with Crippen molar-refractivity contribution in [3.05, 3.63) is 0 Å². The van der Waals surface area contributed by atoms with Gasteiger partial charge in [0.15, 0.2) is 6.29 Å². The van der Waals surface area contributed by atoms with Gasteiger partial charge in [0.25, 0.3) is 0 Å². The summed E-state index contributed by atoms with van der Waals surface area (Å²) in [5.74, 6) is 0. The number of aliphatic hydroxyl groups excluding tert-OH is 2. The van der Waals surface area contributed by atoms with Crippen LogP contribution in [0.5, 0.6) is 0 Å². The van der Waals surface area contributed by atoms with E-state index in [1.54, 1.807) is 0 Å². The molecule has 11 heavy (non-hydrogen) atoms. The summed E-state index contributed by atoms with van der Waals surface area (Å²) in [7, 11) is 0. The summed E-state index contributed by atoms with van der Waals surface area (Å²) in [5.41, 5.74) is 0. The van der Waals surface area contributed by atoms with Gasteiger partial charge in [-0.1, -0.05) is 0 Å². The van der Waals surface area contributed by atoms with Crippen molar-refractivity contribution in [3.8, 4) is 0 Å². The van der Waals surface area contributed by atoms with E-state index >= 15 is 0 Å². The van der Waals surface area contributed by atoms with Crippen molar-refractivity contribution in [2.75, 3.05) is 13.2 Å². The second-order valence-electron chi connectivity index (χ2n) is 1.89. The predicted molar refractivity (Wildman–Crippen MR) is 29.7 cm³/mol. The zero-order valence-electron chi connectivity index (χ0n) is 5.64. The molecule has 2 N–H and O–H groups in total. The van der Waals surface area contributed by atoms with Gasteiger partial charge in [0, 0.05) is 13.0 Å². The molecule has 0 spiro atoms. The molecule has 68 valence electrons. The Bertz CT molecular complexity index is 104. The van der Waals surface area contributed by atoms with Gasteiger partial charge in [-0.05, 0) is 0 Å². The first kappa shape index (κ1) is 10.7. The van der Waals surface area contributed by atoms with Crippen LogP contribution in [-0.2, 0) is 4.74 Å². The highest BCUT2D eigenvalue weighted by molar-refractivity contribution is 4.47. The number of aliphatic hydroxyl groups is 2. The van der Waals surface area contributed by atoms with Gasteiger partial charge in [0.1, 0.15) is 6.61 Å². The quantitative estimate of drug-likeness (QED) is 0.601. The minimum absolute atomic E-state index is 0.212. The first-order chi connectivity index (χ1) is 4.95. The maximum Gasteiger partial charge on any atom is 0.411 e. The van der Waals surface area contributed by atoms with E-state index in [0.29, 0.717) is 0 Å². The van der Waals surface area contributed by atoms with Crippen LogP contribution in [0, 0.1) is 0 Å². The van der Waals surface area contributed by atoms with Gasteiger partial charge < -0.3 is 14.9 Å². The summed E-state index contributed by atoms with van der Waals surface area (Å²) in [6.07, 6.45) is -6.19. The molecule has 3 nitrogen and oxygen atoms in total. The topological polar surface area (TPSA) is 49.7 Å². The van der Waals surface area contributed by atoms with E-state index in [2.05, 4.69) is 4.74 Å². The molecule has 0 aliphatic rings. The molecule has 1 atom stereocenters. The van der Waals surface area contributed by atoms with Crippen LogP contribution in [0.4, 0.5) is 13.2 Å². The maximum atomic E-state index is 11.4. The minimum Gasteiger partial charge on any atom is -0.396 e. The normalized spacial score (nSPS) is 15.0. The average molecular weight is 174 g/mol. The number of rotatable bonds is 4. The standard InChI is InChI=1S/C5H9F3O3/c6-5(7,8)3-11-4(10)1-2-9/h4,9-10H,1-3H2.